The molecule has 0 radical (unpaired) electrons. The quantitative estimate of drug-likeness (QED) is 0.806. The first-order valence-corrected chi connectivity index (χ1v) is 6.43. The van der Waals surface area contributed by atoms with E-state index in [0.29, 0.717) is 5.56 Å². The highest BCUT2D eigenvalue weighted by atomic mass is 79.9. The third-order valence-electron chi connectivity index (χ3n) is 2.78. The van der Waals surface area contributed by atoms with Gasteiger partial charge in [0, 0.05) is 15.6 Å². The van der Waals surface area contributed by atoms with Gasteiger partial charge < -0.3 is 0 Å². The minimum absolute atomic E-state index is 0.0650. The molecular formula is C15H10BrF2N. The number of halogens is 3. The Bertz CT molecular complexity index is 615. The Balaban J connectivity index is 2.41. The predicted molar refractivity (Wildman–Crippen MR) is 72.9 cm³/mol. The lowest BCUT2D eigenvalue weighted by molar-refractivity contribution is 0.0427. The van der Waals surface area contributed by atoms with Gasteiger partial charge in [-0.3, -0.25) is 0 Å². The topological polar surface area (TPSA) is 23.8 Å². The van der Waals surface area contributed by atoms with Gasteiger partial charge >= 0.3 is 0 Å². The lowest BCUT2D eigenvalue weighted by atomic mass is 9.98. The first-order valence-electron chi connectivity index (χ1n) is 5.64. The zero-order valence-electron chi connectivity index (χ0n) is 9.91. The smallest absolute Gasteiger partial charge is 0.198 e. The fraction of sp³-hybridized carbons (Fsp3) is 0.133. The van der Waals surface area contributed by atoms with Crippen molar-refractivity contribution in [3.8, 4) is 6.07 Å². The Morgan fingerprint density at radius 1 is 1.05 bits per heavy atom. The summed E-state index contributed by atoms with van der Waals surface area (Å²) in [5.41, 5.74) is 0.434. The summed E-state index contributed by atoms with van der Waals surface area (Å²) in [6.07, 6.45) is 0.129. The van der Waals surface area contributed by atoms with Gasteiger partial charge in [0.15, 0.2) is 0 Å². The van der Waals surface area contributed by atoms with E-state index in [1.165, 1.54) is 24.3 Å². The summed E-state index contributed by atoms with van der Waals surface area (Å²) in [7, 11) is 0. The first-order chi connectivity index (χ1) is 9.04. The number of alkyl halides is 2. The summed E-state index contributed by atoms with van der Waals surface area (Å²) >= 11 is 3.22. The van der Waals surface area contributed by atoms with Crippen LogP contribution in [-0.4, -0.2) is 0 Å². The molecule has 19 heavy (non-hydrogen) atoms. The highest BCUT2D eigenvalue weighted by molar-refractivity contribution is 9.10. The molecule has 0 aliphatic heterocycles. The predicted octanol–water partition coefficient (Wildman–Crippen LogP) is 4.66. The van der Waals surface area contributed by atoms with Crippen LogP contribution in [0.5, 0.6) is 0 Å². The van der Waals surface area contributed by atoms with Gasteiger partial charge in [-0.1, -0.05) is 46.3 Å². The molecule has 0 saturated carbocycles. The van der Waals surface area contributed by atoms with Crippen molar-refractivity contribution >= 4 is 15.9 Å². The molecule has 0 N–H and O–H groups in total. The molecule has 2 aromatic rings. The Hall–Kier alpha value is -1.73. The number of benzene rings is 2. The molecule has 0 spiro atoms. The van der Waals surface area contributed by atoms with Crippen LogP contribution in [0, 0.1) is 11.3 Å². The minimum atomic E-state index is -3.06. The number of hydrogen-bond acceptors (Lipinski definition) is 1. The van der Waals surface area contributed by atoms with Crippen LogP contribution < -0.4 is 0 Å². The SMILES string of the molecule is N#CCc1cccc(C(F)(F)c2ccc(Br)cc2)c1. The maximum absolute atomic E-state index is 14.3. The van der Waals surface area contributed by atoms with Crippen molar-refractivity contribution in [2.75, 3.05) is 0 Å². The van der Waals surface area contributed by atoms with Crippen molar-refractivity contribution in [3.05, 3.63) is 69.7 Å². The zero-order chi connectivity index (χ0) is 13.9. The van der Waals surface area contributed by atoms with Crippen LogP contribution in [0.25, 0.3) is 0 Å². The maximum atomic E-state index is 14.3. The van der Waals surface area contributed by atoms with Crippen molar-refractivity contribution in [2.45, 2.75) is 12.3 Å². The zero-order valence-corrected chi connectivity index (χ0v) is 11.5. The summed E-state index contributed by atoms with van der Waals surface area (Å²) in [5, 5.41) is 8.62. The van der Waals surface area contributed by atoms with Gasteiger partial charge in [-0.15, -0.1) is 0 Å². The Labute approximate surface area is 118 Å². The Morgan fingerprint density at radius 2 is 1.74 bits per heavy atom. The second-order valence-electron chi connectivity index (χ2n) is 4.12. The maximum Gasteiger partial charge on any atom is 0.298 e. The summed E-state index contributed by atoms with van der Waals surface area (Å²) in [6, 6.07) is 13.9. The van der Waals surface area contributed by atoms with E-state index in [-0.39, 0.29) is 17.5 Å². The van der Waals surface area contributed by atoms with E-state index in [4.69, 9.17) is 5.26 Å². The molecule has 0 unspecified atom stereocenters. The van der Waals surface area contributed by atoms with Crippen LogP contribution in [0.3, 0.4) is 0 Å². The highest BCUT2D eigenvalue weighted by Crippen LogP contribution is 2.36. The molecule has 0 saturated heterocycles. The fourth-order valence-corrected chi connectivity index (χ4v) is 2.06. The average Bonchev–Trinajstić information content (AvgIpc) is 2.40. The van der Waals surface area contributed by atoms with Crippen LogP contribution in [0.15, 0.2) is 53.0 Å². The summed E-state index contributed by atoms with van der Waals surface area (Å²) < 4.78 is 29.4. The third-order valence-corrected chi connectivity index (χ3v) is 3.31. The van der Waals surface area contributed by atoms with Gasteiger partial charge in [0.2, 0.25) is 0 Å². The number of nitriles is 1. The van der Waals surface area contributed by atoms with E-state index in [1.807, 2.05) is 6.07 Å². The lowest BCUT2D eigenvalue weighted by Crippen LogP contribution is -2.15. The number of rotatable bonds is 3. The van der Waals surface area contributed by atoms with E-state index in [9.17, 15) is 8.78 Å². The summed E-state index contributed by atoms with van der Waals surface area (Å²) in [6.45, 7) is 0. The van der Waals surface area contributed by atoms with E-state index in [0.717, 1.165) is 4.47 Å². The molecule has 2 aromatic carbocycles. The second kappa shape index (κ2) is 5.50. The molecule has 0 aliphatic rings. The van der Waals surface area contributed by atoms with Gasteiger partial charge in [0.1, 0.15) is 0 Å². The van der Waals surface area contributed by atoms with Gasteiger partial charge in [0.05, 0.1) is 12.5 Å². The lowest BCUT2D eigenvalue weighted by Gasteiger charge is -2.18. The van der Waals surface area contributed by atoms with Crippen molar-refractivity contribution in [3.63, 3.8) is 0 Å². The third kappa shape index (κ3) is 2.99. The normalized spacial score (nSPS) is 11.1. The van der Waals surface area contributed by atoms with Crippen LogP contribution in [0.1, 0.15) is 16.7 Å². The highest BCUT2D eigenvalue weighted by Gasteiger charge is 2.33. The van der Waals surface area contributed by atoms with Gasteiger partial charge in [-0.25, -0.2) is 0 Å². The molecule has 2 rings (SSSR count). The molecular weight excluding hydrogens is 312 g/mol. The molecule has 4 heteroatoms. The Morgan fingerprint density at radius 3 is 2.37 bits per heavy atom. The summed E-state index contributed by atoms with van der Waals surface area (Å²) in [4.78, 5) is 0. The Kier molecular flexibility index (Phi) is 3.96. The van der Waals surface area contributed by atoms with Crippen LogP contribution in [-0.2, 0) is 12.3 Å². The molecule has 0 heterocycles. The number of hydrogen-bond donors (Lipinski definition) is 0. The van der Waals surface area contributed by atoms with Crippen molar-refractivity contribution in [1.82, 2.24) is 0 Å². The van der Waals surface area contributed by atoms with E-state index in [1.54, 1.807) is 24.3 Å². The van der Waals surface area contributed by atoms with Crippen molar-refractivity contribution in [2.24, 2.45) is 0 Å². The monoisotopic (exact) mass is 321 g/mol. The van der Waals surface area contributed by atoms with Gasteiger partial charge in [-0.2, -0.15) is 14.0 Å². The summed E-state index contributed by atoms with van der Waals surface area (Å²) in [5.74, 6) is -3.06. The largest absolute Gasteiger partial charge is 0.298 e. The molecule has 0 aromatic heterocycles. The first kappa shape index (κ1) is 13.7. The van der Waals surface area contributed by atoms with E-state index >= 15 is 0 Å². The fourth-order valence-electron chi connectivity index (χ4n) is 1.79. The van der Waals surface area contributed by atoms with E-state index in [2.05, 4.69) is 15.9 Å². The van der Waals surface area contributed by atoms with Crippen LogP contribution in [0.2, 0.25) is 0 Å². The molecule has 0 atom stereocenters. The average molecular weight is 322 g/mol. The van der Waals surface area contributed by atoms with Crippen LogP contribution >= 0.6 is 15.9 Å². The molecule has 0 amide bonds. The van der Waals surface area contributed by atoms with Crippen molar-refractivity contribution < 1.29 is 8.78 Å². The molecule has 0 fully saturated rings. The van der Waals surface area contributed by atoms with E-state index < -0.39 is 5.92 Å². The standard InChI is InChI=1S/C15H10BrF2N/c16-14-6-4-12(5-7-14)15(17,18)13-3-1-2-11(10-13)8-9-19/h1-7,10H,8H2. The van der Waals surface area contributed by atoms with Gasteiger partial charge in [-0.05, 0) is 23.8 Å². The van der Waals surface area contributed by atoms with Gasteiger partial charge in [0.25, 0.3) is 5.92 Å². The molecule has 0 bridgehead atoms. The second-order valence-corrected chi connectivity index (χ2v) is 5.03. The number of nitrogens with zero attached hydrogens (tertiary/aromatic N) is 1. The van der Waals surface area contributed by atoms with Crippen LogP contribution in [0.4, 0.5) is 8.78 Å². The molecule has 0 aliphatic carbocycles. The molecule has 1 nitrogen and oxygen atoms in total. The van der Waals surface area contributed by atoms with Crippen molar-refractivity contribution in [1.29, 1.82) is 5.26 Å². The molecule has 96 valence electrons. The minimum Gasteiger partial charge on any atom is -0.198 e.